The van der Waals surface area contributed by atoms with Gasteiger partial charge in [0.15, 0.2) is 0 Å². The Morgan fingerprint density at radius 1 is 0.300 bits per heavy atom. The molecule has 0 spiro atoms. The minimum absolute atomic E-state index is 0.111. The largest absolute Gasteiger partial charge is 0.0616 e. The molecule has 0 amide bonds. The molecule has 0 atom stereocenters. The molecular formula is C50H38. The van der Waals surface area contributed by atoms with E-state index in [2.05, 4.69) is 197 Å². The molecule has 0 heterocycles. The number of hydrogen-bond donors (Lipinski definition) is 0. The van der Waals surface area contributed by atoms with E-state index in [0.29, 0.717) is 0 Å². The van der Waals surface area contributed by atoms with Gasteiger partial charge in [-0.1, -0.05) is 191 Å². The molecule has 50 heavy (non-hydrogen) atoms. The summed E-state index contributed by atoms with van der Waals surface area (Å²) in [7, 11) is 0. The van der Waals surface area contributed by atoms with Gasteiger partial charge in [-0.2, -0.15) is 0 Å². The second-order valence-corrected chi connectivity index (χ2v) is 14.5. The maximum Gasteiger partial charge on any atom is -0.00261 e. The van der Waals surface area contributed by atoms with Gasteiger partial charge in [0.25, 0.3) is 0 Å². The first-order valence-electron chi connectivity index (χ1n) is 17.6. The van der Waals surface area contributed by atoms with E-state index in [-0.39, 0.29) is 5.41 Å². The average molecular weight is 639 g/mol. The van der Waals surface area contributed by atoms with E-state index < -0.39 is 0 Å². The SMILES string of the molecule is CC(C)(C)c1ccc(-c2c3ccccc3c(-c3ccc4cccc(-c5ccc(-c6cccc7ccccc67)cc5)c4c3)c3ccccc23)cc1. The smallest absolute Gasteiger partial charge is 0.00261 e. The van der Waals surface area contributed by atoms with E-state index in [1.807, 2.05) is 0 Å². The van der Waals surface area contributed by atoms with Crippen molar-refractivity contribution >= 4 is 43.1 Å². The Kier molecular flexibility index (Phi) is 7.14. The Morgan fingerprint density at radius 3 is 1.24 bits per heavy atom. The maximum atomic E-state index is 2.41. The summed E-state index contributed by atoms with van der Waals surface area (Å²) in [5.41, 5.74) is 11.5. The van der Waals surface area contributed by atoms with Gasteiger partial charge < -0.3 is 0 Å². The monoisotopic (exact) mass is 638 g/mol. The average Bonchev–Trinajstić information content (AvgIpc) is 3.16. The lowest BCUT2D eigenvalue weighted by molar-refractivity contribution is 0.590. The van der Waals surface area contributed by atoms with Crippen LogP contribution in [-0.4, -0.2) is 0 Å². The molecule has 0 aliphatic rings. The first-order valence-corrected chi connectivity index (χ1v) is 17.6. The highest BCUT2D eigenvalue weighted by Crippen LogP contribution is 2.45. The third-order valence-corrected chi connectivity index (χ3v) is 10.4. The van der Waals surface area contributed by atoms with Crippen LogP contribution in [0.2, 0.25) is 0 Å². The van der Waals surface area contributed by atoms with Gasteiger partial charge in [-0.3, -0.25) is 0 Å². The molecule has 0 aliphatic heterocycles. The topological polar surface area (TPSA) is 0 Å². The van der Waals surface area contributed by atoms with Gasteiger partial charge in [-0.25, -0.2) is 0 Å². The molecule has 0 fully saturated rings. The van der Waals surface area contributed by atoms with Crippen LogP contribution in [-0.2, 0) is 5.41 Å². The van der Waals surface area contributed by atoms with Crippen molar-refractivity contribution in [1.82, 2.24) is 0 Å². The summed E-state index contributed by atoms with van der Waals surface area (Å²) >= 11 is 0. The lowest BCUT2D eigenvalue weighted by Gasteiger charge is -2.21. The highest BCUT2D eigenvalue weighted by molar-refractivity contribution is 6.22. The molecule has 0 saturated carbocycles. The summed E-state index contributed by atoms with van der Waals surface area (Å²) < 4.78 is 0. The fourth-order valence-electron chi connectivity index (χ4n) is 7.87. The first-order chi connectivity index (χ1) is 24.4. The summed E-state index contributed by atoms with van der Waals surface area (Å²) in [4.78, 5) is 0. The summed E-state index contributed by atoms with van der Waals surface area (Å²) in [6.07, 6.45) is 0. The van der Waals surface area contributed by atoms with Crippen LogP contribution in [0.1, 0.15) is 26.3 Å². The normalized spacial score (nSPS) is 11.9. The van der Waals surface area contributed by atoms with Gasteiger partial charge in [0.05, 0.1) is 0 Å². The molecule has 0 unspecified atom stereocenters. The van der Waals surface area contributed by atoms with Crippen molar-refractivity contribution in [3.8, 4) is 44.5 Å². The third kappa shape index (κ3) is 5.08. The molecule has 9 aromatic carbocycles. The predicted molar refractivity (Wildman–Crippen MR) is 217 cm³/mol. The Balaban J connectivity index is 1.21. The van der Waals surface area contributed by atoms with Crippen LogP contribution in [0, 0.1) is 0 Å². The van der Waals surface area contributed by atoms with Crippen molar-refractivity contribution in [2.45, 2.75) is 26.2 Å². The predicted octanol–water partition coefficient (Wildman–Crippen LogP) is 14.3. The molecule has 0 aliphatic carbocycles. The van der Waals surface area contributed by atoms with Crippen molar-refractivity contribution in [3.63, 3.8) is 0 Å². The van der Waals surface area contributed by atoms with Crippen molar-refractivity contribution in [2.75, 3.05) is 0 Å². The second-order valence-electron chi connectivity index (χ2n) is 14.5. The molecule has 238 valence electrons. The molecule has 0 bridgehead atoms. The maximum absolute atomic E-state index is 2.41. The molecule has 0 radical (unpaired) electrons. The number of rotatable bonds is 4. The van der Waals surface area contributed by atoms with Gasteiger partial charge in [0.2, 0.25) is 0 Å². The molecule has 0 nitrogen and oxygen atoms in total. The Labute approximate surface area is 294 Å². The van der Waals surface area contributed by atoms with E-state index in [1.165, 1.54) is 93.2 Å². The van der Waals surface area contributed by atoms with Crippen molar-refractivity contribution < 1.29 is 0 Å². The van der Waals surface area contributed by atoms with E-state index in [1.54, 1.807) is 0 Å². The standard InChI is InChI=1S/C50H38/c1-50(2,3)39-30-28-37(29-31-39)48-43-16-6-8-18-45(43)49(46-19-9-7-17-44(46)48)38-27-26-34-14-11-21-42(47(34)32-38)36-24-22-35(23-25-36)41-20-10-13-33-12-4-5-15-40(33)41/h4-32H,1-3H3. The zero-order valence-corrected chi connectivity index (χ0v) is 28.7. The van der Waals surface area contributed by atoms with Gasteiger partial charge >= 0.3 is 0 Å². The Morgan fingerprint density at radius 2 is 0.700 bits per heavy atom. The van der Waals surface area contributed by atoms with Crippen LogP contribution in [0.3, 0.4) is 0 Å². The van der Waals surface area contributed by atoms with Crippen molar-refractivity contribution in [1.29, 1.82) is 0 Å². The molecular weight excluding hydrogens is 601 g/mol. The fourth-order valence-corrected chi connectivity index (χ4v) is 7.87. The van der Waals surface area contributed by atoms with Crippen molar-refractivity contribution in [2.24, 2.45) is 0 Å². The Hall–Kier alpha value is -5.98. The van der Waals surface area contributed by atoms with Crippen LogP contribution >= 0.6 is 0 Å². The quantitative estimate of drug-likeness (QED) is 0.168. The number of fused-ring (bicyclic) bond motifs is 4. The second kappa shape index (κ2) is 11.9. The minimum Gasteiger partial charge on any atom is -0.0616 e. The Bertz CT molecular complexity index is 2640. The third-order valence-electron chi connectivity index (χ3n) is 10.4. The number of hydrogen-bond acceptors (Lipinski definition) is 0. The molecule has 0 saturated heterocycles. The van der Waals surface area contributed by atoms with E-state index in [0.717, 1.165) is 0 Å². The van der Waals surface area contributed by atoms with E-state index >= 15 is 0 Å². The van der Waals surface area contributed by atoms with Gasteiger partial charge in [-0.15, -0.1) is 0 Å². The summed E-state index contributed by atoms with van der Waals surface area (Å²) in [5, 5.41) is 10.2. The van der Waals surface area contributed by atoms with Crippen LogP contribution in [0.15, 0.2) is 176 Å². The molecule has 9 aromatic rings. The highest BCUT2D eigenvalue weighted by Gasteiger charge is 2.19. The zero-order chi connectivity index (χ0) is 33.8. The highest BCUT2D eigenvalue weighted by atomic mass is 14.2. The van der Waals surface area contributed by atoms with Crippen LogP contribution in [0.4, 0.5) is 0 Å². The van der Waals surface area contributed by atoms with Crippen molar-refractivity contribution in [3.05, 3.63) is 181 Å². The lowest BCUT2D eigenvalue weighted by atomic mass is 9.83. The first kappa shape index (κ1) is 30.1. The molecule has 0 N–H and O–H groups in total. The molecule has 0 heteroatoms. The van der Waals surface area contributed by atoms with Gasteiger partial charge in [0.1, 0.15) is 0 Å². The van der Waals surface area contributed by atoms with Crippen LogP contribution < -0.4 is 0 Å². The lowest BCUT2D eigenvalue weighted by Crippen LogP contribution is -2.10. The number of benzene rings is 9. The minimum atomic E-state index is 0.111. The zero-order valence-electron chi connectivity index (χ0n) is 28.7. The van der Waals surface area contributed by atoms with E-state index in [9.17, 15) is 0 Å². The van der Waals surface area contributed by atoms with Crippen LogP contribution in [0.5, 0.6) is 0 Å². The summed E-state index contributed by atoms with van der Waals surface area (Å²) in [5.74, 6) is 0. The van der Waals surface area contributed by atoms with Gasteiger partial charge in [0, 0.05) is 0 Å². The van der Waals surface area contributed by atoms with Crippen LogP contribution in [0.25, 0.3) is 87.6 Å². The summed E-state index contributed by atoms with van der Waals surface area (Å²) in [6, 6.07) is 65.1. The summed E-state index contributed by atoms with van der Waals surface area (Å²) in [6.45, 7) is 6.83. The fraction of sp³-hybridized carbons (Fsp3) is 0.0800. The molecule has 9 rings (SSSR count). The molecule has 0 aromatic heterocycles. The van der Waals surface area contributed by atoms with Gasteiger partial charge in [-0.05, 0) is 105 Å². The van der Waals surface area contributed by atoms with E-state index in [4.69, 9.17) is 0 Å².